The predicted molar refractivity (Wildman–Crippen MR) is 122 cm³/mol. The van der Waals surface area contributed by atoms with Gasteiger partial charge in [-0.05, 0) is 42.8 Å². The number of aromatic amines is 1. The molecular formula is C23H23F3N8. The van der Waals surface area contributed by atoms with Crippen molar-refractivity contribution in [3.63, 3.8) is 0 Å². The summed E-state index contributed by atoms with van der Waals surface area (Å²) in [5, 5.41) is 6.56. The highest BCUT2D eigenvalue weighted by Crippen LogP contribution is 2.30. The number of fused-ring (bicyclic) bond motifs is 1. The zero-order valence-electron chi connectivity index (χ0n) is 18.4. The van der Waals surface area contributed by atoms with E-state index in [9.17, 15) is 13.2 Å². The summed E-state index contributed by atoms with van der Waals surface area (Å²) in [7, 11) is 0. The van der Waals surface area contributed by atoms with E-state index < -0.39 is 11.9 Å². The quantitative estimate of drug-likeness (QED) is 0.405. The third kappa shape index (κ3) is 4.70. The van der Waals surface area contributed by atoms with Crippen LogP contribution in [-0.2, 0) is 6.18 Å². The highest BCUT2D eigenvalue weighted by atomic mass is 19.4. The molecule has 4 heterocycles. The predicted octanol–water partition coefficient (Wildman–Crippen LogP) is 4.14. The molecule has 1 saturated heterocycles. The summed E-state index contributed by atoms with van der Waals surface area (Å²) >= 11 is 0. The second-order valence-electron chi connectivity index (χ2n) is 8.16. The van der Waals surface area contributed by atoms with E-state index in [2.05, 4.69) is 47.4 Å². The first kappa shape index (κ1) is 22.2. The lowest BCUT2D eigenvalue weighted by atomic mass is 10.1. The van der Waals surface area contributed by atoms with E-state index in [4.69, 9.17) is 0 Å². The number of nitrogens with one attached hydrogen (secondary N) is 3. The largest absolute Gasteiger partial charge is 0.433 e. The number of anilines is 2. The van der Waals surface area contributed by atoms with Gasteiger partial charge in [-0.25, -0.2) is 19.9 Å². The molecule has 1 aliphatic heterocycles. The molecule has 0 bridgehead atoms. The van der Waals surface area contributed by atoms with Gasteiger partial charge in [0.2, 0.25) is 5.95 Å². The molecule has 0 radical (unpaired) electrons. The average molecular weight is 468 g/mol. The van der Waals surface area contributed by atoms with Crippen molar-refractivity contribution in [3.05, 3.63) is 60.2 Å². The SMILES string of the molecule is CC(c1ccnc(Nc2nc3ccc(-c4cc(C(F)(F)F)ncn4)cc3[nH]2)c1)N1CCNCC1. The minimum atomic E-state index is -4.53. The highest BCUT2D eigenvalue weighted by Gasteiger charge is 2.32. The number of pyridine rings is 1. The second-order valence-corrected chi connectivity index (χ2v) is 8.16. The van der Waals surface area contributed by atoms with Crippen LogP contribution >= 0.6 is 0 Å². The molecule has 176 valence electrons. The number of imidazole rings is 1. The zero-order valence-corrected chi connectivity index (χ0v) is 18.4. The van der Waals surface area contributed by atoms with E-state index >= 15 is 0 Å². The van der Waals surface area contributed by atoms with E-state index in [1.807, 2.05) is 12.1 Å². The zero-order chi connectivity index (χ0) is 23.7. The van der Waals surface area contributed by atoms with Crippen molar-refractivity contribution in [2.24, 2.45) is 0 Å². The first-order valence-corrected chi connectivity index (χ1v) is 10.9. The van der Waals surface area contributed by atoms with Crippen molar-refractivity contribution in [1.29, 1.82) is 0 Å². The Labute approximate surface area is 193 Å². The number of aromatic nitrogens is 5. The molecule has 11 heteroatoms. The molecule has 3 aromatic heterocycles. The molecule has 0 aliphatic carbocycles. The number of rotatable bonds is 5. The molecular weight excluding hydrogens is 445 g/mol. The van der Waals surface area contributed by atoms with Gasteiger partial charge >= 0.3 is 6.18 Å². The standard InChI is InChI=1S/C23H23F3N8/c1-14(34-8-6-27-7-9-34)15-4-5-28-21(11-15)33-22-31-17-3-2-16(10-19(17)32-22)18-12-20(23(24,25)26)30-13-29-18/h2-5,10-14,27H,6-9H2,1H3,(H2,28,31,32,33). The molecule has 1 atom stereocenters. The number of benzene rings is 1. The lowest BCUT2D eigenvalue weighted by Gasteiger charge is -2.33. The number of halogens is 3. The van der Waals surface area contributed by atoms with E-state index in [1.165, 1.54) is 0 Å². The van der Waals surface area contributed by atoms with Crippen LogP contribution in [0.15, 0.2) is 48.9 Å². The molecule has 0 saturated carbocycles. The summed E-state index contributed by atoms with van der Waals surface area (Å²) in [5.41, 5.74) is 2.22. The summed E-state index contributed by atoms with van der Waals surface area (Å²) in [5.74, 6) is 1.15. The number of piperazine rings is 1. The summed E-state index contributed by atoms with van der Waals surface area (Å²) in [4.78, 5) is 21.8. The van der Waals surface area contributed by atoms with Gasteiger partial charge in [0.1, 0.15) is 17.8 Å². The minimum absolute atomic E-state index is 0.185. The average Bonchev–Trinajstić information content (AvgIpc) is 3.25. The van der Waals surface area contributed by atoms with Crippen molar-refractivity contribution in [2.75, 3.05) is 31.5 Å². The maximum absolute atomic E-state index is 13.0. The van der Waals surface area contributed by atoms with Crippen LogP contribution in [-0.4, -0.2) is 56.0 Å². The van der Waals surface area contributed by atoms with Gasteiger partial charge in [-0.3, -0.25) is 4.90 Å². The Morgan fingerprint density at radius 3 is 2.65 bits per heavy atom. The highest BCUT2D eigenvalue weighted by molar-refractivity contribution is 5.83. The number of nitrogens with zero attached hydrogens (tertiary/aromatic N) is 5. The summed E-state index contributed by atoms with van der Waals surface area (Å²) in [6, 6.07) is 10.3. The number of alkyl halides is 3. The Kier molecular flexibility index (Phi) is 5.88. The lowest BCUT2D eigenvalue weighted by molar-refractivity contribution is -0.141. The van der Waals surface area contributed by atoms with E-state index in [0.717, 1.165) is 44.1 Å². The Morgan fingerprint density at radius 2 is 1.85 bits per heavy atom. The van der Waals surface area contributed by atoms with Crippen molar-refractivity contribution < 1.29 is 13.2 Å². The van der Waals surface area contributed by atoms with Crippen LogP contribution in [0.3, 0.4) is 0 Å². The van der Waals surface area contributed by atoms with Crippen LogP contribution in [0.5, 0.6) is 0 Å². The fourth-order valence-electron chi connectivity index (χ4n) is 4.08. The van der Waals surface area contributed by atoms with Crippen molar-refractivity contribution >= 4 is 22.8 Å². The maximum Gasteiger partial charge on any atom is 0.433 e. The van der Waals surface area contributed by atoms with Gasteiger partial charge < -0.3 is 15.6 Å². The first-order chi connectivity index (χ1) is 16.4. The third-order valence-electron chi connectivity index (χ3n) is 5.95. The van der Waals surface area contributed by atoms with Crippen LogP contribution in [0, 0.1) is 0 Å². The molecule has 1 unspecified atom stereocenters. The number of hydrogen-bond donors (Lipinski definition) is 3. The van der Waals surface area contributed by atoms with E-state index in [1.54, 1.807) is 24.4 Å². The molecule has 0 spiro atoms. The van der Waals surface area contributed by atoms with Gasteiger partial charge in [-0.2, -0.15) is 13.2 Å². The molecule has 5 rings (SSSR count). The molecule has 0 amide bonds. The van der Waals surface area contributed by atoms with E-state index in [0.29, 0.717) is 28.4 Å². The van der Waals surface area contributed by atoms with Crippen LogP contribution in [0.4, 0.5) is 24.9 Å². The van der Waals surface area contributed by atoms with E-state index in [-0.39, 0.29) is 11.7 Å². The number of H-pyrrole nitrogens is 1. The molecule has 4 aromatic rings. The summed E-state index contributed by atoms with van der Waals surface area (Å²) < 4.78 is 39.0. The molecule has 3 N–H and O–H groups in total. The Bertz CT molecular complexity index is 1300. The molecule has 1 aliphatic rings. The van der Waals surface area contributed by atoms with Gasteiger partial charge in [0.05, 0.1) is 16.7 Å². The van der Waals surface area contributed by atoms with Crippen LogP contribution < -0.4 is 10.6 Å². The first-order valence-electron chi connectivity index (χ1n) is 10.9. The Morgan fingerprint density at radius 1 is 1.03 bits per heavy atom. The van der Waals surface area contributed by atoms with Crippen molar-refractivity contribution in [1.82, 2.24) is 35.1 Å². The van der Waals surface area contributed by atoms with Gasteiger partial charge in [0, 0.05) is 44.0 Å². The van der Waals surface area contributed by atoms with Crippen molar-refractivity contribution in [3.8, 4) is 11.3 Å². The Balaban J connectivity index is 1.37. The van der Waals surface area contributed by atoms with Crippen molar-refractivity contribution in [2.45, 2.75) is 19.1 Å². The maximum atomic E-state index is 13.0. The van der Waals surface area contributed by atoms with Crippen LogP contribution in [0.1, 0.15) is 24.2 Å². The summed E-state index contributed by atoms with van der Waals surface area (Å²) in [6.45, 7) is 6.14. The van der Waals surface area contributed by atoms with Gasteiger partial charge in [0.25, 0.3) is 0 Å². The normalized spacial score (nSPS) is 16.0. The molecule has 34 heavy (non-hydrogen) atoms. The monoisotopic (exact) mass is 468 g/mol. The third-order valence-corrected chi connectivity index (χ3v) is 5.95. The number of hydrogen-bond acceptors (Lipinski definition) is 7. The fourth-order valence-corrected chi connectivity index (χ4v) is 4.08. The fraction of sp³-hybridized carbons (Fsp3) is 0.304. The minimum Gasteiger partial charge on any atom is -0.324 e. The van der Waals surface area contributed by atoms with Crippen LogP contribution in [0.25, 0.3) is 22.3 Å². The molecule has 1 fully saturated rings. The second kappa shape index (κ2) is 8.99. The van der Waals surface area contributed by atoms with Gasteiger partial charge in [-0.15, -0.1) is 0 Å². The smallest absolute Gasteiger partial charge is 0.324 e. The van der Waals surface area contributed by atoms with Gasteiger partial charge in [0.15, 0.2) is 0 Å². The topological polar surface area (TPSA) is 94.6 Å². The van der Waals surface area contributed by atoms with Gasteiger partial charge in [-0.1, -0.05) is 6.07 Å². The Hall–Kier alpha value is -3.57. The molecule has 1 aromatic carbocycles. The summed E-state index contributed by atoms with van der Waals surface area (Å²) in [6.07, 6.45) is -1.84. The molecule has 8 nitrogen and oxygen atoms in total. The van der Waals surface area contributed by atoms with Crippen LogP contribution in [0.2, 0.25) is 0 Å². The lowest BCUT2D eigenvalue weighted by Crippen LogP contribution is -2.44.